The molecular weight excluding hydrogens is 278 g/mol. The van der Waals surface area contributed by atoms with Crippen molar-refractivity contribution in [3.63, 3.8) is 0 Å². The maximum Gasteiger partial charge on any atom is 0.257 e. The minimum Gasteiger partial charge on any atom is -0.420 e. The molecule has 2 aromatic heterocycles. The van der Waals surface area contributed by atoms with Crippen molar-refractivity contribution in [1.29, 1.82) is 0 Å². The first-order valence-electron chi connectivity index (χ1n) is 6.58. The second-order valence-corrected chi connectivity index (χ2v) is 5.47. The lowest BCUT2D eigenvalue weighted by Crippen LogP contribution is -2.35. The summed E-state index contributed by atoms with van der Waals surface area (Å²) >= 11 is 1.55. The van der Waals surface area contributed by atoms with Crippen LogP contribution in [-0.2, 0) is 16.0 Å². The lowest BCUT2D eigenvalue weighted by atomic mass is 10.2. The van der Waals surface area contributed by atoms with E-state index in [9.17, 15) is 4.79 Å². The van der Waals surface area contributed by atoms with Crippen molar-refractivity contribution < 1.29 is 13.9 Å². The van der Waals surface area contributed by atoms with Crippen molar-refractivity contribution in [3.05, 3.63) is 23.4 Å². The Labute approximate surface area is 120 Å². The Morgan fingerprint density at radius 2 is 2.45 bits per heavy atom. The molecule has 3 heterocycles. The molecule has 1 amide bonds. The highest BCUT2D eigenvalue weighted by molar-refractivity contribution is 7.13. The number of carbonyl (C=O) groups excluding carboxylic acids is 1. The fraction of sp³-hybridized carbons (Fsp3) is 0.462. The van der Waals surface area contributed by atoms with E-state index in [1.54, 1.807) is 11.3 Å². The lowest BCUT2D eigenvalue weighted by molar-refractivity contribution is -0.130. The average Bonchev–Trinajstić information content (AvgIpc) is 3.20. The van der Waals surface area contributed by atoms with Crippen molar-refractivity contribution in [2.75, 3.05) is 13.2 Å². The van der Waals surface area contributed by atoms with E-state index in [1.807, 2.05) is 17.5 Å². The third-order valence-corrected chi connectivity index (χ3v) is 3.92. The first kappa shape index (κ1) is 13.3. The molecule has 1 fully saturated rings. The van der Waals surface area contributed by atoms with Crippen LogP contribution in [0.25, 0.3) is 10.8 Å². The molecule has 0 bridgehead atoms. The molecular formula is C13H15N3O3S. The first-order valence-corrected chi connectivity index (χ1v) is 7.46. The molecule has 1 unspecified atom stereocenters. The van der Waals surface area contributed by atoms with Crippen LogP contribution < -0.4 is 5.32 Å². The largest absolute Gasteiger partial charge is 0.420 e. The van der Waals surface area contributed by atoms with Crippen LogP contribution in [0.2, 0.25) is 0 Å². The van der Waals surface area contributed by atoms with Crippen LogP contribution in [0.15, 0.2) is 21.9 Å². The van der Waals surface area contributed by atoms with Gasteiger partial charge < -0.3 is 14.5 Å². The molecule has 1 N–H and O–H groups in total. The molecule has 0 aliphatic carbocycles. The van der Waals surface area contributed by atoms with E-state index >= 15 is 0 Å². The van der Waals surface area contributed by atoms with E-state index in [0.29, 0.717) is 31.4 Å². The third kappa shape index (κ3) is 3.05. The quantitative estimate of drug-likeness (QED) is 0.906. The Morgan fingerprint density at radius 3 is 3.20 bits per heavy atom. The summed E-state index contributed by atoms with van der Waals surface area (Å²) in [7, 11) is 0. The molecule has 0 radical (unpaired) electrons. The van der Waals surface area contributed by atoms with Crippen LogP contribution in [0.1, 0.15) is 18.7 Å². The molecule has 2 aromatic rings. The van der Waals surface area contributed by atoms with Crippen molar-refractivity contribution in [1.82, 2.24) is 15.5 Å². The predicted octanol–water partition coefficient (Wildman–Crippen LogP) is 1.64. The first-order chi connectivity index (χ1) is 9.83. The van der Waals surface area contributed by atoms with Gasteiger partial charge in [-0.05, 0) is 24.3 Å². The SMILES string of the molecule is O=C(NCCc1nnc(-c2cccs2)o1)C1CCCO1. The van der Waals surface area contributed by atoms with Gasteiger partial charge in [0.15, 0.2) is 0 Å². The van der Waals surface area contributed by atoms with Gasteiger partial charge in [0.1, 0.15) is 6.10 Å². The van der Waals surface area contributed by atoms with Gasteiger partial charge in [0.05, 0.1) is 4.88 Å². The molecule has 0 saturated carbocycles. The summed E-state index contributed by atoms with van der Waals surface area (Å²) in [5.41, 5.74) is 0. The minimum absolute atomic E-state index is 0.0551. The van der Waals surface area contributed by atoms with E-state index in [0.717, 1.165) is 17.7 Å². The van der Waals surface area contributed by atoms with Gasteiger partial charge >= 0.3 is 0 Å². The van der Waals surface area contributed by atoms with Gasteiger partial charge in [0, 0.05) is 19.6 Å². The Kier molecular flexibility index (Phi) is 4.08. The maximum absolute atomic E-state index is 11.7. The molecule has 0 spiro atoms. The Morgan fingerprint density at radius 1 is 1.50 bits per heavy atom. The van der Waals surface area contributed by atoms with Gasteiger partial charge in [-0.1, -0.05) is 6.07 Å². The number of hydrogen-bond donors (Lipinski definition) is 1. The van der Waals surface area contributed by atoms with E-state index < -0.39 is 0 Å². The van der Waals surface area contributed by atoms with E-state index in [4.69, 9.17) is 9.15 Å². The monoisotopic (exact) mass is 293 g/mol. The van der Waals surface area contributed by atoms with Crippen LogP contribution in [0, 0.1) is 0 Å². The zero-order chi connectivity index (χ0) is 13.8. The van der Waals surface area contributed by atoms with Crippen molar-refractivity contribution in [2.24, 2.45) is 0 Å². The number of carbonyl (C=O) groups is 1. The van der Waals surface area contributed by atoms with Crippen LogP contribution in [0.4, 0.5) is 0 Å². The maximum atomic E-state index is 11.7. The highest BCUT2D eigenvalue weighted by Crippen LogP contribution is 2.22. The Balaban J connectivity index is 1.48. The molecule has 3 rings (SSSR count). The molecule has 0 aromatic carbocycles. The Hall–Kier alpha value is -1.73. The van der Waals surface area contributed by atoms with E-state index in [1.165, 1.54) is 0 Å². The zero-order valence-electron chi connectivity index (χ0n) is 10.9. The normalized spacial score (nSPS) is 18.3. The number of nitrogens with zero attached hydrogens (tertiary/aromatic N) is 2. The summed E-state index contributed by atoms with van der Waals surface area (Å²) < 4.78 is 10.8. The summed E-state index contributed by atoms with van der Waals surface area (Å²) in [6, 6.07) is 3.87. The fourth-order valence-corrected chi connectivity index (χ4v) is 2.69. The van der Waals surface area contributed by atoms with Crippen LogP contribution in [0.3, 0.4) is 0 Å². The molecule has 1 atom stereocenters. The second-order valence-electron chi connectivity index (χ2n) is 4.52. The summed E-state index contributed by atoms with van der Waals surface area (Å²) in [6.07, 6.45) is 1.98. The third-order valence-electron chi connectivity index (χ3n) is 3.06. The van der Waals surface area contributed by atoms with E-state index in [2.05, 4.69) is 15.5 Å². The highest BCUT2D eigenvalue weighted by Gasteiger charge is 2.23. The summed E-state index contributed by atoms with van der Waals surface area (Å²) in [5.74, 6) is 1.00. The number of ether oxygens (including phenoxy) is 1. The summed E-state index contributed by atoms with van der Waals surface area (Å²) in [6.45, 7) is 1.15. The highest BCUT2D eigenvalue weighted by atomic mass is 32.1. The van der Waals surface area contributed by atoms with Gasteiger partial charge in [0.2, 0.25) is 11.8 Å². The zero-order valence-corrected chi connectivity index (χ0v) is 11.7. The van der Waals surface area contributed by atoms with Crippen molar-refractivity contribution in [3.8, 4) is 10.8 Å². The van der Waals surface area contributed by atoms with Crippen LogP contribution in [-0.4, -0.2) is 35.4 Å². The van der Waals surface area contributed by atoms with Gasteiger partial charge in [-0.25, -0.2) is 0 Å². The Bertz CT molecular complexity index is 561. The molecule has 20 heavy (non-hydrogen) atoms. The summed E-state index contributed by atoms with van der Waals surface area (Å²) in [4.78, 5) is 12.7. The summed E-state index contributed by atoms with van der Waals surface area (Å²) in [5, 5.41) is 12.8. The number of rotatable bonds is 5. The molecule has 1 saturated heterocycles. The number of amides is 1. The van der Waals surface area contributed by atoms with Gasteiger partial charge in [-0.3, -0.25) is 4.79 Å². The lowest BCUT2D eigenvalue weighted by Gasteiger charge is -2.08. The standard InChI is InChI=1S/C13H15N3O3S/c17-12(9-3-1-7-18-9)14-6-5-11-15-16-13(19-11)10-4-2-8-20-10/h2,4,8-9H,1,3,5-7H2,(H,14,17). The fourth-order valence-electron chi connectivity index (χ4n) is 2.05. The topological polar surface area (TPSA) is 77.3 Å². The van der Waals surface area contributed by atoms with Crippen LogP contribution in [0.5, 0.6) is 0 Å². The number of aromatic nitrogens is 2. The van der Waals surface area contributed by atoms with Gasteiger partial charge in [-0.2, -0.15) is 0 Å². The molecule has 7 heteroatoms. The molecule has 1 aliphatic heterocycles. The predicted molar refractivity (Wildman–Crippen MR) is 73.3 cm³/mol. The van der Waals surface area contributed by atoms with Crippen LogP contribution >= 0.6 is 11.3 Å². The van der Waals surface area contributed by atoms with Crippen molar-refractivity contribution >= 4 is 17.2 Å². The number of hydrogen-bond acceptors (Lipinski definition) is 6. The molecule has 1 aliphatic rings. The molecule has 106 valence electrons. The van der Waals surface area contributed by atoms with E-state index in [-0.39, 0.29) is 12.0 Å². The van der Waals surface area contributed by atoms with Crippen molar-refractivity contribution in [2.45, 2.75) is 25.4 Å². The second kappa shape index (κ2) is 6.15. The molecule has 6 nitrogen and oxygen atoms in total. The number of thiophene rings is 1. The minimum atomic E-state index is -0.292. The van der Waals surface area contributed by atoms with Gasteiger partial charge in [0.25, 0.3) is 5.89 Å². The van der Waals surface area contributed by atoms with Gasteiger partial charge in [-0.15, -0.1) is 21.5 Å². The number of nitrogens with one attached hydrogen (secondary N) is 1. The smallest absolute Gasteiger partial charge is 0.257 e. The average molecular weight is 293 g/mol.